The van der Waals surface area contributed by atoms with Crippen LogP contribution in [-0.2, 0) is 4.79 Å². The zero-order chi connectivity index (χ0) is 21.8. The average molecular weight is 446 g/mol. The summed E-state index contributed by atoms with van der Waals surface area (Å²) in [6.45, 7) is 4.77. The zero-order valence-corrected chi connectivity index (χ0v) is 18.0. The molecule has 1 saturated heterocycles. The lowest BCUT2D eigenvalue weighted by Gasteiger charge is -2.31. The third kappa shape index (κ3) is 5.26. The molecule has 1 amide bonds. The summed E-state index contributed by atoms with van der Waals surface area (Å²) in [5, 5.41) is 7.35. The van der Waals surface area contributed by atoms with E-state index in [4.69, 9.17) is 15.0 Å². The monoisotopic (exact) mass is 445 g/mol. The lowest BCUT2D eigenvalue weighted by Crippen LogP contribution is -2.34. The number of nitrogens with zero attached hydrogens (tertiary/aromatic N) is 4. The highest BCUT2D eigenvalue weighted by Crippen LogP contribution is 2.32. The van der Waals surface area contributed by atoms with Gasteiger partial charge in [-0.1, -0.05) is 16.5 Å². The van der Waals surface area contributed by atoms with Gasteiger partial charge in [-0.15, -0.1) is 0 Å². The minimum absolute atomic E-state index is 0.103. The first-order valence-electron chi connectivity index (χ1n) is 10.2. The summed E-state index contributed by atoms with van der Waals surface area (Å²) in [6, 6.07) is 4.59. The van der Waals surface area contributed by atoms with Crippen molar-refractivity contribution in [3.05, 3.63) is 40.8 Å². The second kappa shape index (κ2) is 9.52. The molecular formula is C21H24FN5O3S. The number of rotatable bonds is 7. The first-order valence-corrected chi connectivity index (χ1v) is 11.1. The number of aromatic nitrogens is 2. The van der Waals surface area contributed by atoms with Crippen LogP contribution in [0.3, 0.4) is 0 Å². The number of amides is 1. The number of thiazole rings is 1. The molecule has 0 unspecified atom stereocenters. The normalized spacial score (nSPS) is 16.1. The van der Waals surface area contributed by atoms with Crippen LogP contribution in [0.15, 0.2) is 33.1 Å². The van der Waals surface area contributed by atoms with Crippen LogP contribution in [0.1, 0.15) is 43.5 Å². The molecule has 8 nitrogen and oxygen atoms in total. The molecule has 31 heavy (non-hydrogen) atoms. The van der Waals surface area contributed by atoms with Gasteiger partial charge in [-0.2, -0.15) is 9.98 Å². The fourth-order valence-corrected chi connectivity index (χ4v) is 4.46. The van der Waals surface area contributed by atoms with Gasteiger partial charge in [0.05, 0.1) is 12.3 Å². The molecule has 1 aliphatic rings. The molecule has 1 aliphatic heterocycles. The van der Waals surface area contributed by atoms with Crippen LogP contribution in [0.25, 0.3) is 11.0 Å². The number of aliphatic imine (C=N–C) groups is 1. The van der Waals surface area contributed by atoms with Gasteiger partial charge < -0.3 is 19.9 Å². The van der Waals surface area contributed by atoms with E-state index in [9.17, 15) is 9.18 Å². The summed E-state index contributed by atoms with van der Waals surface area (Å²) in [7, 11) is 0. The van der Waals surface area contributed by atoms with Crippen molar-refractivity contribution in [2.75, 3.05) is 26.2 Å². The van der Waals surface area contributed by atoms with Crippen molar-refractivity contribution < 1.29 is 18.4 Å². The van der Waals surface area contributed by atoms with Crippen molar-refractivity contribution in [1.29, 1.82) is 0 Å². The molecule has 164 valence electrons. The number of carbonyl (C=O) groups excluding carboxylic acids is 1. The molecular weight excluding hydrogens is 421 g/mol. The molecule has 2 N–H and O–H groups in total. The standard InChI is InChI=1S/C21H24FN5O3S/c1-13(28)24-20(23)17-12-31-21(25-17)29-10-2-7-27-8-5-14(6-9-27)19-16-4-3-15(22)11-18(16)30-26-19/h3-4,11-12,14H,2,5-10H2,1H3,(H2,23,24,28). The van der Waals surface area contributed by atoms with Gasteiger partial charge in [0.2, 0.25) is 5.91 Å². The number of nitrogens with two attached hydrogens (primary N) is 1. The van der Waals surface area contributed by atoms with Crippen molar-refractivity contribution >= 4 is 34.0 Å². The molecule has 0 aliphatic carbocycles. The van der Waals surface area contributed by atoms with E-state index in [0.717, 1.165) is 50.0 Å². The maximum Gasteiger partial charge on any atom is 0.273 e. The number of hydrogen-bond acceptors (Lipinski definition) is 7. The molecule has 3 aromatic rings. The highest BCUT2D eigenvalue weighted by atomic mass is 32.1. The number of ether oxygens (including phenoxy) is 1. The number of hydrogen-bond donors (Lipinski definition) is 1. The molecule has 3 heterocycles. The van der Waals surface area contributed by atoms with Crippen LogP contribution in [0.5, 0.6) is 5.19 Å². The molecule has 0 saturated carbocycles. The first-order chi connectivity index (χ1) is 15.0. The number of benzene rings is 1. The van der Waals surface area contributed by atoms with Crippen LogP contribution in [0.4, 0.5) is 4.39 Å². The highest BCUT2D eigenvalue weighted by molar-refractivity contribution is 7.11. The Hall–Kier alpha value is -2.85. The quantitative estimate of drug-likeness (QED) is 0.338. The van der Waals surface area contributed by atoms with Gasteiger partial charge in [0.1, 0.15) is 11.5 Å². The second-order valence-corrected chi connectivity index (χ2v) is 8.36. The van der Waals surface area contributed by atoms with Crippen LogP contribution in [0.2, 0.25) is 0 Å². The molecule has 1 fully saturated rings. The highest BCUT2D eigenvalue weighted by Gasteiger charge is 2.25. The molecule has 0 spiro atoms. The summed E-state index contributed by atoms with van der Waals surface area (Å²) in [5.41, 5.74) is 7.63. The Bertz CT molecular complexity index is 1090. The third-order valence-corrected chi connectivity index (χ3v) is 6.06. The minimum atomic E-state index is -0.359. The van der Waals surface area contributed by atoms with Gasteiger partial charge in [-0.3, -0.25) is 4.79 Å². The van der Waals surface area contributed by atoms with Gasteiger partial charge in [-0.25, -0.2) is 4.39 Å². The number of piperidine rings is 1. The van der Waals surface area contributed by atoms with Crippen LogP contribution in [-0.4, -0.2) is 53.0 Å². The van der Waals surface area contributed by atoms with Crippen molar-refractivity contribution in [3.63, 3.8) is 0 Å². The molecule has 2 aromatic heterocycles. The van der Waals surface area contributed by atoms with Crippen LogP contribution in [0, 0.1) is 5.82 Å². The van der Waals surface area contributed by atoms with E-state index in [1.165, 1.54) is 30.4 Å². The Labute approximate surface area is 182 Å². The Morgan fingerprint density at radius 1 is 1.42 bits per heavy atom. The van der Waals surface area contributed by atoms with E-state index < -0.39 is 0 Å². The smallest absolute Gasteiger partial charge is 0.273 e. The lowest BCUT2D eigenvalue weighted by molar-refractivity contribution is -0.115. The van der Waals surface area contributed by atoms with Crippen molar-refractivity contribution in [3.8, 4) is 5.19 Å². The molecule has 4 rings (SSSR count). The Balaban J connectivity index is 1.20. The summed E-state index contributed by atoms with van der Waals surface area (Å²) in [6.07, 6.45) is 2.86. The summed E-state index contributed by atoms with van der Waals surface area (Å²) in [5.74, 6) is -0.238. The van der Waals surface area contributed by atoms with Gasteiger partial charge in [0.25, 0.3) is 5.19 Å². The first kappa shape index (κ1) is 21.4. The summed E-state index contributed by atoms with van der Waals surface area (Å²) >= 11 is 1.33. The fraction of sp³-hybridized carbons (Fsp3) is 0.429. The maximum atomic E-state index is 13.3. The molecule has 0 atom stereocenters. The van der Waals surface area contributed by atoms with E-state index in [0.29, 0.717) is 29.0 Å². The van der Waals surface area contributed by atoms with E-state index >= 15 is 0 Å². The lowest BCUT2D eigenvalue weighted by atomic mass is 9.91. The van der Waals surface area contributed by atoms with Gasteiger partial charge in [-0.05, 0) is 44.5 Å². The van der Waals surface area contributed by atoms with Crippen molar-refractivity contribution in [2.45, 2.75) is 32.1 Å². The minimum Gasteiger partial charge on any atom is -0.470 e. The van der Waals surface area contributed by atoms with Crippen molar-refractivity contribution in [2.24, 2.45) is 10.7 Å². The molecule has 0 bridgehead atoms. The van der Waals surface area contributed by atoms with E-state index in [-0.39, 0.29) is 17.6 Å². The topological polar surface area (TPSA) is 107 Å². The SMILES string of the molecule is CC(=O)N=C(N)c1csc(OCCCN2CCC(c3noc4cc(F)ccc34)CC2)n1. The van der Waals surface area contributed by atoms with Gasteiger partial charge in [0, 0.05) is 36.2 Å². The Morgan fingerprint density at radius 2 is 2.23 bits per heavy atom. The molecule has 1 aromatic carbocycles. The van der Waals surface area contributed by atoms with Crippen LogP contribution < -0.4 is 10.5 Å². The van der Waals surface area contributed by atoms with E-state index in [2.05, 4.69) is 20.0 Å². The number of fused-ring (bicyclic) bond motifs is 1. The number of likely N-dealkylation sites (tertiary alicyclic amines) is 1. The van der Waals surface area contributed by atoms with E-state index in [1.807, 2.05) is 0 Å². The number of carbonyl (C=O) groups is 1. The molecule has 10 heteroatoms. The summed E-state index contributed by atoms with van der Waals surface area (Å²) < 4.78 is 24.4. The predicted octanol–water partition coefficient (Wildman–Crippen LogP) is 3.32. The molecule has 0 radical (unpaired) electrons. The van der Waals surface area contributed by atoms with Gasteiger partial charge in [0.15, 0.2) is 11.4 Å². The maximum absolute atomic E-state index is 13.3. The number of halogens is 1. The van der Waals surface area contributed by atoms with Crippen LogP contribution >= 0.6 is 11.3 Å². The number of amidine groups is 1. The van der Waals surface area contributed by atoms with E-state index in [1.54, 1.807) is 11.4 Å². The fourth-order valence-electron chi connectivity index (χ4n) is 3.77. The Morgan fingerprint density at radius 3 is 3.00 bits per heavy atom. The summed E-state index contributed by atoms with van der Waals surface area (Å²) in [4.78, 5) is 21.3. The second-order valence-electron chi connectivity index (χ2n) is 7.54. The van der Waals surface area contributed by atoms with Crippen molar-refractivity contribution in [1.82, 2.24) is 15.0 Å². The van der Waals surface area contributed by atoms with Gasteiger partial charge >= 0.3 is 0 Å². The Kier molecular flexibility index (Phi) is 6.57. The zero-order valence-electron chi connectivity index (χ0n) is 17.2. The third-order valence-electron chi connectivity index (χ3n) is 5.30. The largest absolute Gasteiger partial charge is 0.470 e. The average Bonchev–Trinajstić information content (AvgIpc) is 3.38. The predicted molar refractivity (Wildman–Crippen MR) is 116 cm³/mol.